The van der Waals surface area contributed by atoms with E-state index >= 15 is 0 Å². The van der Waals surface area contributed by atoms with E-state index in [0.717, 1.165) is 48.3 Å². The molecular weight excluding hydrogens is 250 g/mol. The zero-order chi connectivity index (χ0) is 15.3. The van der Waals surface area contributed by atoms with Crippen LogP contribution in [0.1, 0.15) is 57.4 Å². The summed E-state index contributed by atoms with van der Waals surface area (Å²) in [5, 5.41) is 16.6. The second-order valence-electron chi connectivity index (χ2n) is 5.03. The van der Waals surface area contributed by atoms with Crippen LogP contribution in [0.3, 0.4) is 0 Å². The Labute approximate surface area is 122 Å². The van der Waals surface area contributed by atoms with Gasteiger partial charge in [0.25, 0.3) is 0 Å². The van der Waals surface area contributed by atoms with Crippen molar-refractivity contribution in [3.8, 4) is 0 Å². The molecule has 0 bridgehead atoms. The van der Waals surface area contributed by atoms with Crippen molar-refractivity contribution < 1.29 is 0 Å². The number of nitrogen functional groups attached to an aromatic ring is 1. The van der Waals surface area contributed by atoms with Gasteiger partial charge >= 0.3 is 0 Å². The van der Waals surface area contributed by atoms with Gasteiger partial charge in [0.2, 0.25) is 0 Å². The number of nitrogens with one attached hydrogen (secondary N) is 1. The summed E-state index contributed by atoms with van der Waals surface area (Å²) in [5.74, 6) is 0.819. The molecule has 0 radical (unpaired) electrons. The van der Waals surface area contributed by atoms with E-state index in [-0.39, 0.29) is 5.84 Å². The second kappa shape index (κ2) is 7.22. The maximum absolute atomic E-state index is 7.92. The molecule has 1 rings (SSSR count). The smallest absolute Gasteiger partial charge is 0.162 e. The lowest BCUT2D eigenvalue weighted by atomic mass is 10.0. The fraction of sp³-hybridized carbons (Fsp3) is 0.667. The number of aromatic nitrogens is 2. The van der Waals surface area contributed by atoms with E-state index in [1.807, 2.05) is 7.05 Å². The average molecular weight is 277 g/mol. The molecule has 1 aromatic rings. The number of amidine groups is 1. The third-order valence-electron chi connectivity index (χ3n) is 3.92. The van der Waals surface area contributed by atoms with Crippen molar-refractivity contribution in [3.05, 3.63) is 16.8 Å². The van der Waals surface area contributed by atoms with E-state index in [0.29, 0.717) is 6.04 Å². The van der Waals surface area contributed by atoms with Gasteiger partial charge in [-0.3, -0.25) is 5.41 Å². The lowest BCUT2D eigenvalue weighted by Crippen LogP contribution is -2.34. The highest BCUT2D eigenvalue weighted by Gasteiger charge is 2.22. The quantitative estimate of drug-likeness (QED) is 0.593. The fourth-order valence-electron chi connectivity index (χ4n) is 2.70. The lowest BCUT2D eigenvalue weighted by Gasteiger charge is -2.29. The Morgan fingerprint density at radius 2 is 1.75 bits per heavy atom. The lowest BCUT2D eigenvalue weighted by molar-refractivity contribution is 0.582. The van der Waals surface area contributed by atoms with Crippen LogP contribution in [-0.4, -0.2) is 29.1 Å². The van der Waals surface area contributed by atoms with Gasteiger partial charge in [0.05, 0.1) is 11.3 Å². The van der Waals surface area contributed by atoms with Gasteiger partial charge in [-0.05, 0) is 31.2 Å². The Morgan fingerprint density at radius 3 is 2.15 bits per heavy atom. The van der Waals surface area contributed by atoms with E-state index < -0.39 is 0 Å². The minimum atomic E-state index is 0.0826. The molecule has 112 valence electrons. The summed E-state index contributed by atoms with van der Waals surface area (Å²) in [4.78, 5) is 2.11. The normalized spacial score (nSPS) is 10.9. The first-order chi connectivity index (χ1) is 9.51. The summed E-state index contributed by atoms with van der Waals surface area (Å²) in [5.41, 5.74) is 8.58. The summed E-state index contributed by atoms with van der Waals surface area (Å²) in [6, 6.07) is 0.389. The molecule has 0 aromatic carbocycles. The Balaban J connectivity index is 3.43. The maximum atomic E-state index is 7.92. The third-order valence-corrected chi connectivity index (χ3v) is 3.92. The SMILES string of the molecule is CCc1nnc(N(C)C(CC)CC)c(C(=N)N)c1CC. The number of hydrogen-bond donors (Lipinski definition) is 2. The Hall–Kier alpha value is -1.65. The van der Waals surface area contributed by atoms with E-state index in [9.17, 15) is 0 Å². The van der Waals surface area contributed by atoms with Crippen LogP contribution in [-0.2, 0) is 12.8 Å². The van der Waals surface area contributed by atoms with Crippen LogP contribution in [0.2, 0.25) is 0 Å². The van der Waals surface area contributed by atoms with Crippen LogP contribution < -0.4 is 10.6 Å². The van der Waals surface area contributed by atoms with Crippen molar-refractivity contribution in [1.29, 1.82) is 5.41 Å². The van der Waals surface area contributed by atoms with Gasteiger partial charge in [0, 0.05) is 13.1 Å². The van der Waals surface area contributed by atoms with Gasteiger partial charge in [-0.15, -0.1) is 5.10 Å². The number of aryl methyl sites for hydroxylation is 1. The number of hydrogen-bond acceptors (Lipinski definition) is 4. The van der Waals surface area contributed by atoms with Crippen molar-refractivity contribution in [2.24, 2.45) is 5.73 Å². The fourth-order valence-corrected chi connectivity index (χ4v) is 2.70. The maximum Gasteiger partial charge on any atom is 0.162 e. The first kappa shape index (κ1) is 16.4. The molecule has 0 aliphatic carbocycles. The van der Waals surface area contributed by atoms with Gasteiger partial charge in [0.1, 0.15) is 5.84 Å². The average Bonchev–Trinajstić information content (AvgIpc) is 2.46. The summed E-state index contributed by atoms with van der Waals surface area (Å²) < 4.78 is 0. The molecule has 5 heteroatoms. The molecule has 0 aliphatic rings. The van der Waals surface area contributed by atoms with Crippen molar-refractivity contribution in [3.63, 3.8) is 0 Å². The molecule has 20 heavy (non-hydrogen) atoms. The van der Waals surface area contributed by atoms with Crippen LogP contribution in [0.15, 0.2) is 0 Å². The monoisotopic (exact) mass is 277 g/mol. The van der Waals surface area contributed by atoms with Crippen LogP contribution >= 0.6 is 0 Å². The minimum absolute atomic E-state index is 0.0826. The topological polar surface area (TPSA) is 78.9 Å². The van der Waals surface area contributed by atoms with Crippen LogP contribution in [0.4, 0.5) is 5.82 Å². The van der Waals surface area contributed by atoms with Crippen molar-refractivity contribution in [2.75, 3.05) is 11.9 Å². The molecule has 5 nitrogen and oxygen atoms in total. The van der Waals surface area contributed by atoms with Gasteiger partial charge in [-0.25, -0.2) is 0 Å². The first-order valence-electron chi connectivity index (χ1n) is 7.47. The molecule has 0 saturated carbocycles. The molecule has 3 N–H and O–H groups in total. The molecule has 0 amide bonds. The molecule has 0 unspecified atom stereocenters. The van der Waals surface area contributed by atoms with Crippen LogP contribution in [0.25, 0.3) is 0 Å². The van der Waals surface area contributed by atoms with Crippen molar-refractivity contribution in [2.45, 2.75) is 59.4 Å². The zero-order valence-electron chi connectivity index (χ0n) is 13.3. The molecular formula is C15H27N5. The Kier molecular flexibility index (Phi) is 5.92. The molecule has 1 aromatic heterocycles. The highest BCUT2D eigenvalue weighted by atomic mass is 15.3. The number of rotatable bonds is 7. The minimum Gasteiger partial charge on any atom is -0.384 e. The van der Waals surface area contributed by atoms with E-state index in [1.165, 1.54) is 0 Å². The van der Waals surface area contributed by atoms with Gasteiger partial charge in [0.15, 0.2) is 5.82 Å². The van der Waals surface area contributed by atoms with E-state index in [4.69, 9.17) is 11.1 Å². The van der Waals surface area contributed by atoms with Gasteiger partial charge in [-0.2, -0.15) is 5.10 Å². The number of anilines is 1. The molecule has 0 aliphatic heterocycles. The predicted octanol–water partition coefficient (Wildman–Crippen LogP) is 2.51. The molecule has 0 saturated heterocycles. The third kappa shape index (κ3) is 3.08. The van der Waals surface area contributed by atoms with Crippen LogP contribution in [0.5, 0.6) is 0 Å². The predicted molar refractivity (Wildman–Crippen MR) is 84.6 cm³/mol. The highest BCUT2D eigenvalue weighted by Crippen LogP contribution is 2.25. The Bertz CT molecular complexity index is 466. The number of nitrogens with zero attached hydrogens (tertiary/aromatic N) is 3. The van der Waals surface area contributed by atoms with Crippen molar-refractivity contribution in [1.82, 2.24) is 10.2 Å². The van der Waals surface area contributed by atoms with Crippen LogP contribution in [0, 0.1) is 5.41 Å². The highest BCUT2D eigenvalue weighted by molar-refractivity contribution is 6.01. The molecule has 0 spiro atoms. The summed E-state index contributed by atoms with van der Waals surface area (Å²) in [6.07, 6.45) is 3.69. The molecule has 0 atom stereocenters. The largest absolute Gasteiger partial charge is 0.384 e. The summed E-state index contributed by atoms with van der Waals surface area (Å²) in [6.45, 7) is 8.44. The molecule has 1 heterocycles. The Morgan fingerprint density at radius 1 is 1.15 bits per heavy atom. The molecule has 0 fully saturated rings. The zero-order valence-corrected chi connectivity index (χ0v) is 13.3. The standard InChI is InChI=1S/C15H27N5/c1-6-10(7-2)20(5)15-13(14(16)17)11(8-3)12(9-4)18-19-15/h10H,6-9H2,1-5H3,(H3,16,17). The summed E-state index contributed by atoms with van der Waals surface area (Å²) in [7, 11) is 2.01. The van der Waals surface area contributed by atoms with E-state index in [2.05, 4.69) is 42.8 Å². The van der Waals surface area contributed by atoms with Gasteiger partial charge in [-0.1, -0.05) is 27.7 Å². The number of nitrogens with two attached hydrogens (primary N) is 1. The van der Waals surface area contributed by atoms with Crippen molar-refractivity contribution >= 4 is 11.7 Å². The van der Waals surface area contributed by atoms with E-state index in [1.54, 1.807) is 0 Å². The first-order valence-corrected chi connectivity index (χ1v) is 7.47. The second-order valence-corrected chi connectivity index (χ2v) is 5.03. The summed E-state index contributed by atoms with van der Waals surface area (Å²) >= 11 is 0. The van der Waals surface area contributed by atoms with Gasteiger partial charge < -0.3 is 10.6 Å².